The van der Waals surface area contributed by atoms with Crippen molar-refractivity contribution < 1.29 is 13.5 Å². The minimum absolute atomic E-state index is 0.141. The van der Waals surface area contributed by atoms with Gasteiger partial charge in [-0.25, -0.2) is 8.78 Å². The lowest BCUT2D eigenvalue weighted by atomic mass is 10.1. The smallest absolute Gasteiger partial charge is 0.146 e. The van der Waals surface area contributed by atoms with Crippen LogP contribution < -0.4 is 10.5 Å². The van der Waals surface area contributed by atoms with Gasteiger partial charge >= 0.3 is 0 Å². The highest BCUT2D eigenvalue weighted by Gasteiger charge is 2.14. The maximum absolute atomic E-state index is 13.6. The maximum atomic E-state index is 13.6. The third-order valence-electron chi connectivity index (χ3n) is 2.90. The summed E-state index contributed by atoms with van der Waals surface area (Å²) in [7, 11) is 0. The molecule has 2 aromatic carbocycles. The second kappa shape index (κ2) is 5.77. The van der Waals surface area contributed by atoms with Crippen LogP contribution in [0, 0.1) is 18.6 Å². The summed E-state index contributed by atoms with van der Waals surface area (Å²) < 4.78 is 32.3. The Bertz CT molecular complexity index is 644. The third-order valence-corrected chi connectivity index (χ3v) is 3.19. The van der Waals surface area contributed by atoms with Gasteiger partial charge in [-0.3, -0.25) is 0 Å². The second-order valence-corrected chi connectivity index (χ2v) is 5.01. The molecule has 5 heteroatoms. The Balaban J connectivity index is 2.44. The number of benzene rings is 2. The predicted molar refractivity (Wildman–Crippen MR) is 75.2 cm³/mol. The van der Waals surface area contributed by atoms with Crippen LogP contribution in [0.5, 0.6) is 11.5 Å². The number of nitrogens with two attached hydrogens (primary N) is 1. The molecule has 0 spiro atoms. The van der Waals surface area contributed by atoms with Crippen LogP contribution in [0.15, 0.2) is 30.3 Å². The number of aryl methyl sites for hydroxylation is 1. The summed E-state index contributed by atoms with van der Waals surface area (Å²) in [4.78, 5) is 0. The van der Waals surface area contributed by atoms with E-state index in [1.54, 1.807) is 19.9 Å². The van der Waals surface area contributed by atoms with Crippen molar-refractivity contribution in [3.8, 4) is 11.5 Å². The van der Waals surface area contributed by atoms with Gasteiger partial charge in [-0.05, 0) is 49.7 Å². The summed E-state index contributed by atoms with van der Waals surface area (Å²) in [6, 6.07) is 6.29. The second-order valence-electron chi connectivity index (χ2n) is 4.60. The maximum Gasteiger partial charge on any atom is 0.146 e. The van der Waals surface area contributed by atoms with Crippen molar-refractivity contribution in [1.82, 2.24) is 0 Å². The zero-order valence-electron chi connectivity index (χ0n) is 11.1. The first-order valence-electron chi connectivity index (χ1n) is 6.07. The lowest BCUT2D eigenvalue weighted by Crippen LogP contribution is -2.08. The van der Waals surface area contributed by atoms with Crippen LogP contribution in [0.1, 0.15) is 24.1 Å². The number of ether oxygens (including phenoxy) is 1. The Morgan fingerprint density at radius 1 is 1.15 bits per heavy atom. The third kappa shape index (κ3) is 3.08. The first-order chi connectivity index (χ1) is 9.38. The van der Waals surface area contributed by atoms with Crippen LogP contribution in [0.2, 0.25) is 5.02 Å². The standard InChI is InChI=1S/C15H14ClF2NO/c1-8-5-15(11(9(2)19)7-13(8)18)20-14-4-3-10(17)6-12(14)16/h3-7,9H,19H2,1-2H3/t9-/m0/s1. The summed E-state index contributed by atoms with van der Waals surface area (Å²) in [6.45, 7) is 3.35. The molecule has 0 radical (unpaired) electrons. The highest BCUT2D eigenvalue weighted by molar-refractivity contribution is 6.32. The van der Waals surface area contributed by atoms with E-state index in [-0.39, 0.29) is 10.8 Å². The number of halogens is 3. The molecule has 0 unspecified atom stereocenters. The highest BCUT2D eigenvalue weighted by Crippen LogP contribution is 2.34. The molecule has 2 aromatic rings. The normalized spacial score (nSPS) is 12.3. The molecule has 0 aromatic heterocycles. The molecule has 2 rings (SSSR count). The average Bonchev–Trinajstić information content (AvgIpc) is 2.36. The molecule has 2 nitrogen and oxygen atoms in total. The van der Waals surface area contributed by atoms with E-state index in [4.69, 9.17) is 22.1 Å². The summed E-state index contributed by atoms with van der Waals surface area (Å²) >= 11 is 5.91. The zero-order chi connectivity index (χ0) is 14.9. The van der Waals surface area contributed by atoms with Crippen molar-refractivity contribution in [1.29, 1.82) is 0 Å². The molecule has 20 heavy (non-hydrogen) atoms. The Hall–Kier alpha value is -1.65. The number of hydrogen-bond donors (Lipinski definition) is 1. The van der Waals surface area contributed by atoms with E-state index in [1.807, 2.05) is 0 Å². The first-order valence-corrected chi connectivity index (χ1v) is 6.45. The van der Waals surface area contributed by atoms with Crippen molar-refractivity contribution in [2.45, 2.75) is 19.9 Å². The molecule has 2 N–H and O–H groups in total. The zero-order valence-corrected chi connectivity index (χ0v) is 11.8. The van der Waals surface area contributed by atoms with E-state index in [2.05, 4.69) is 0 Å². The summed E-state index contributed by atoms with van der Waals surface area (Å²) in [6.07, 6.45) is 0. The summed E-state index contributed by atoms with van der Waals surface area (Å²) in [5.74, 6) is -0.103. The molecule has 0 amide bonds. The minimum Gasteiger partial charge on any atom is -0.455 e. The molecule has 0 aliphatic rings. The van der Waals surface area contributed by atoms with Crippen LogP contribution in [0.25, 0.3) is 0 Å². The molecule has 0 saturated heterocycles. The van der Waals surface area contributed by atoms with E-state index in [0.717, 1.165) is 6.07 Å². The molecule has 0 aliphatic carbocycles. The molecule has 106 valence electrons. The SMILES string of the molecule is Cc1cc(Oc2ccc(F)cc2Cl)c([C@H](C)N)cc1F. The van der Waals surface area contributed by atoms with Crippen molar-refractivity contribution in [3.05, 3.63) is 58.1 Å². The van der Waals surface area contributed by atoms with Crippen molar-refractivity contribution in [2.75, 3.05) is 0 Å². The molecular formula is C15H14ClF2NO. The Kier molecular flexibility index (Phi) is 4.26. The van der Waals surface area contributed by atoms with Gasteiger partial charge in [-0.1, -0.05) is 11.6 Å². The predicted octanol–water partition coefficient (Wildman–Crippen LogP) is 4.74. The lowest BCUT2D eigenvalue weighted by Gasteiger charge is -2.16. The van der Waals surface area contributed by atoms with Gasteiger partial charge in [0.1, 0.15) is 23.1 Å². The molecule has 1 atom stereocenters. The Morgan fingerprint density at radius 2 is 1.85 bits per heavy atom. The van der Waals surface area contributed by atoms with Gasteiger partial charge in [0.2, 0.25) is 0 Å². The fourth-order valence-corrected chi connectivity index (χ4v) is 2.00. The van der Waals surface area contributed by atoms with Crippen LogP contribution in [0.3, 0.4) is 0 Å². The Labute approximate surface area is 121 Å². The van der Waals surface area contributed by atoms with Crippen LogP contribution >= 0.6 is 11.6 Å². The monoisotopic (exact) mass is 297 g/mol. The van der Waals surface area contributed by atoms with Crippen LogP contribution in [-0.4, -0.2) is 0 Å². The molecular weight excluding hydrogens is 284 g/mol. The van der Waals surface area contributed by atoms with E-state index in [0.29, 0.717) is 22.6 Å². The van der Waals surface area contributed by atoms with E-state index in [1.165, 1.54) is 18.2 Å². The molecule has 0 aliphatic heterocycles. The van der Waals surface area contributed by atoms with Crippen molar-refractivity contribution in [3.63, 3.8) is 0 Å². The van der Waals surface area contributed by atoms with Gasteiger partial charge in [0.15, 0.2) is 0 Å². The van der Waals surface area contributed by atoms with E-state index in [9.17, 15) is 8.78 Å². The fourth-order valence-electron chi connectivity index (χ4n) is 1.79. The number of rotatable bonds is 3. The number of hydrogen-bond acceptors (Lipinski definition) is 2. The van der Waals surface area contributed by atoms with E-state index < -0.39 is 11.9 Å². The summed E-state index contributed by atoms with van der Waals surface area (Å²) in [5.41, 5.74) is 6.76. The molecule has 0 bridgehead atoms. The fraction of sp³-hybridized carbons (Fsp3) is 0.200. The first kappa shape index (κ1) is 14.8. The van der Waals surface area contributed by atoms with E-state index >= 15 is 0 Å². The van der Waals surface area contributed by atoms with Gasteiger partial charge in [0.25, 0.3) is 0 Å². The molecule has 0 heterocycles. The quantitative estimate of drug-likeness (QED) is 0.888. The molecule has 0 saturated carbocycles. The van der Waals surface area contributed by atoms with Gasteiger partial charge in [0, 0.05) is 11.6 Å². The topological polar surface area (TPSA) is 35.2 Å². The largest absolute Gasteiger partial charge is 0.455 e. The average molecular weight is 298 g/mol. The van der Waals surface area contributed by atoms with Crippen molar-refractivity contribution >= 4 is 11.6 Å². The van der Waals surface area contributed by atoms with Crippen LogP contribution in [-0.2, 0) is 0 Å². The van der Waals surface area contributed by atoms with Gasteiger partial charge < -0.3 is 10.5 Å². The Morgan fingerprint density at radius 3 is 2.45 bits per heavy atom. The molecule has 0 fully saturated rings. The van der Waals surface area contributed by atoms with Crippen molar-refractivity contribution in [2.24, 2.45) is 5.73 Å². The highest BCUT2D eigenvalue weighted by atomic mass is 35.5. The van der Waals surface area contributed by atoms with Gasteiger partial charge in [-0.15, -0.1) is 0 Å². The van der Waals surface area contributed by atoms with Gasteiger partial charge in [0.05, 0.1) is 5.02 Å². The summed E-state index contributed by atoms with van der Waals surface area (Å²) in [5, 5.41) is 0.141. The lowest BCUT2D eigenvalue weighted by molar-refractivity contribution is 0.467. The van der Waals surface area contributed by atoms with Crippen LogP contribution in [0.4, 0.5) is 8.78 Å². The minimum atomic E-state index is -0.454. The van der Waals surface area contributed by atoms with Gasteiger partial charge in [-0.2, -0.15) is 0 Å².